The van der Waals surface area contributed by atoms with Gasteiger partial charge in [0, 0.05) is 24.0 Å². The van der Waals surface area contributed by atoms with E-state index < -0.39 is 0 Å². The van der Waals surface area contributed by atoms with Gasteiger partial charge in [0.1, 0.15) is 5.82 Å². The highest BCUT2D eigenvalue weighted by atomic mass is 16.5. The van der Waals surface area contributed by atoms with Gasteiger partial charge >= 0.3 is 0 Å². The maximum Gasteiger partial charge on any atom is 0.162 e. The number of aryl methyl sites for hydroxylation is 1. The summed E-state index contributed by atoms with van der Waals surface area (Å²) in [6.45, 7) is 5.32. The van der Waals surface area contributed by atoms with Crippen molar-refractivity contribution in [2.75, 3.05) is 31.2 Å². The van der Waals surface area contributed by atoms with Gasteiger partial charge in [-0.2, -0.15) is 0 Å². The number of fused-ring (bicyclic) bond motifs is 1. The number of benzene rings is 2. The lowest BCUT2D eigenvalue weighted by Crippen LogP contribution is -2.37. The molecule has 1 saturated heterocycles. The van der Waals surface area contributed by atoms with Gasteiger partial charge in [-0.25, -0.2) is 9.97 Å². The third-order valence-corrected chi connectivity index (χ3v) is 4.20. The number of para-hydroxylation sites is 1. The zero-order chi connectivity index (χ0) is 15.6. The summed E-state index contributed by atoms with van der Waals surface area (Å²) in [5.74, 6) is 1.79. The normalized spacial score (nSPS) is 15.1. The number of morpholine rings is 1. The molecule has 0 saturated carbocycles. The molecule has 0 N–H and O–H groups in total. The molecule has 1 aliphatic rings. The van der Waals surface area contributed by atoms with E-state index in [2.05, 4.69) is 48.2 Å². The Morgan fingerprint density at radius 2 is 1.65 bits per heavy atom. The molecule has 2 heterocycles. The minimum Gasteiger partial charge on any atom is -0.378 e. The Bertz CT molecular complexity index is 824. The highest BCUT2D eigenvalue weighted by molar-refractivity contribution is 5.91. The molecule has 4 nitrogen and oxygen atoms in total. The molecule has 1 fully saturated rings. The molecular formula is C19H19N3O. The zero-order valence-electron chi connectivity index (χ0n) is 13.2. The second-order valence-electron chi connectivity index (χ2n) is 5.85. The van der Waals surface area contributed by atoms with Crippen molar-refractivity contribution in [3.8, 4) is 11.4 Å². The van der Waals surface area contributed by atoms with Crippen LogP contribution in [0.5, 0.6) is 0 Å². The molecule has 1 aromatic heterocycles. The molecule has 0 atom stereocenters. The zero-order valence-corrected chi connectivity index (χ0v) is 13.2. The van der Waals surface area contributed by atoms with Crippen LogP contribution in [-0.4, -0.2) is 36.3 Å². The molecular weight excluding hydrogens is 286 g/mol. The van der Waals surface area contributed by atoms with Crippen molar-refractivity contribution in [3.63, 3.8) is 0 Å². The second kappa shape index (κ2) is 5.97. The first kappa shape index (κ1) is 14.2. The largest absolute Gasteiger partial charge is 0.378 e. The summed E-state index contributed by atoms with van der Waals surface area (Å²) in [5.41, 5.74) is 3.28. The summed E-state index contributed by atoms with van der Waals surface area (Å²) in [5, 5.41) is 1.10. The SMILES string of the molecule is Cc1ccc(-c2nc(N3CCOCC3)c3ccccc3n2)cc1. The predicted octanol–water partition coefficient (Wildman–Crippen LogP) is 3.44. The number of rotatable bonds is 2. The van der Waals surface area contributed by atoms with Crippen LogP contribution < -0.4 is 4.90 Å². The minimum absolute atomic E-state index is 0.748. The topological polar surface area (TPSA) is 38.2 Å². The number of nitrogens with zero attached hydrogens (tertiary/aromatic N) is 3. The number of aromatic nitrogens is 2. The lowest BCUT2D eigenvalue weighted by molar-refractivity contribution is 0.122. The van der Waals surface area contributed by atoms with E-state index in [1.165, 1.54) is 5.56 Å². The van der Waals surface area contributed by atoms with Gasteiger partial charge in [0.25, 0.3) is 0 Å². The average Bonchev–Trinajstić information content (AvgIpc) is 2.62. The van der Waals surface area contributed by atoms with Gasteiger partial charge in [0.2, 0.25) is 0 Å². The third-order valence-electron chi connectivity index (χ3n) is 4.20. The molecule has 0 unspecified atom stereocenters. The molecule has 0 radical (unpaired) electrons. The fourth-order valence-corrected chi connectivity index (χ4v) is 2.91. The second-order valence-corrected chi connectivity index (χ2v) is 5.85. The van der Waals surface area contributed by atoms with Crippen LogP contribution in [-0.2, 0) is 4.74 Å². The fraction of sp³-hybridized carbons (Fsp3) is 0.263. The first-order valence-electron chi connectivity index (χ1n) is 7.98. The average molecular weight is 305 g/mol. The van der Waals surface area contributed by atoms with Crippen molar-refractivity contribution in [2.45, 2.75) is 6.92 Å². The van der Waals surface area contributed by atoms with Crippen molar-refractivity contribution in [1.29, 1.82) is 0 Å². The van der Waals surface area contributed by atoms with Crippen LogP contribution >= 0.6 is 0 Å². The van der Waals surface area contributed by atoms with Crippen LogP contribution in [0.25, 0.3) is 22.3 Å². The van der Waals surface area contributed by atoms with Gasteiger partial charge in [-0.3, -0.25) is 0 Å². The monoisotopic (exact) mass is 305 g/mol. The van der Waals surface area contributed by atoms with Crippen molar-refractivity contribution in [3.05, 3.63) is 54.1 Å². The molecule has 4 rings (SSSR count). The summed E-state index contributed by atoms with van der Waals surface area (Å²) in [6.07, 6.45) is 0. The van der Waals surface area contributed by atoms with Crippen molar-refractivity contribution >= 4 is 16.7 Å². The number of hydrogen-bond acceptors (Lipinski definition) is 4. The molecule has 116 valence electrons. The quantitative estimate of drug-likeness (QED) is 0.727. The smallest absolute Gasteiger partial charge is 0.162 e. The van der Waals surface area contributed by atoms with Crippen LogP contribution in [0.1, 0.15) is 5.56 Å². The molecule has 1 aliphatic heterocycles. The Morgan fingerprint density at radius 1 is 0.913 bits per heavy atom. The van der Waals surface area contributed by atoms with Crippen LogP contribution in [0.15, 0.2) is 48.5 Å². The Kier molecular flexibility index (Phi) is 3.67. The maximum absolute atomic E-state index is 5.48. The lowest BCUT2D eigenvalue weighted by Gasteiger charge is -2.29. The molecule has 0 amide bonds. The summed E-state index contributed by atoms with van der Waals surface area (Å²) in [4.78, 5) is 11.9. The molecule has 3 aromatic rings. The summed E-state index contributed by atoms with van der Waals surface area (Å²) in [7, 11) is 0. The summed E-state index contributed by atoms with van der Waals surface area (Å²) >= 11 is 0. The predicted molar refractivity (Wildman–Crippen MR) is 92.7 cm³/mol. The van der Waals surface area contributed by atoms with Gasteiger partial charge in [0.15, 0.2) is 5.82 Å². The minimum atomic E-state index is 0.748. The fourth-order valence-electron chi connectivity index (χ4n) is 2.91. The highest BCUT2D eigenvalue weighted by Crippen LogP contribution is 2.28. The first-order valence-corrected chi connectivity index (χ1v) is 7.98. The van der Waals surface area contributed by atoms with E-state index >= 15 is 0 Å². The van der Waals surface area contributed by atoms with Gasteiger partial charge in [-0.1, -0.05) is 42.0 Å². The number of anilines is 1. The molecule has 0 spiro atoms. The molecule has 2 aromatic carbocycles. The molecule has 0 bridgehead atoms. The van der Waals surface area contributed by atoms with Gasteiger partial charge in [-0.05, 0) is 19.1 Å². The van der Waals surface area contributed by atoms with E-state index in [9.17, 15) is 0 Å². The first-order chi connectivity index (χ1) is 11.3. The van der Waals surface area contributed by atoms with Crippen LogP contribution in [0.3, 0.4) is 0 Å². The number of ether oxygens (including phenoxy) is 1. The van der Waals surface area contributed by atoms with Crippen LogP contribution in [0, 0.1) is 6.92 Å². The summed E-state index contributed by atoms with van der Waals surface area (Å²) < 4.78 is 5.48. The molecule has 4 heteroatoms. The Morgan fingerprint density at radius 3 is 2.43 bits per heavy atom. The molecule has 0 aliphatic carbocycles. The van der Waals surface area contributed by atoms with E-state index in [-0.39, 0.29) is 0 Å². The van der Waals surface area contributed by atoms with Crippen LogP contribution in [0.4, 0.5) is 5.82 Å². The van der Waals surface area contributed by atoms with E-state index in [0.717, 1.165) is 54.4 Å². The van der Waals surface area contributed by atoms with Crippen LogP contribution in [0.2, 0.25) is 0 Å². The van der Waals surface area contributed by atoms with E-state index in [0.29, 0.717) is 0 Å². The van der Waals surface area contributed by atoms with Gasteiger partial charge < -0.3 is 9.64 Å². The van der Waals surface area contributed by atoms with Gasteiger partial charge in [-0.15, -0.1) is 0 Å². The van der Waals surface area contributed by atoms with Crippen molar-refractivity contribution in [2.24, 2.45) is 0 Å². The Labute approximate surface area is 135 Å². The van der Waals surface area contributed by atoms with Crippen molar-refractivity contribution in [1.82, 2.24) is 9.97 Å². The molecule has 23 heavy (non-hydrogen) atoms. The number of hydrogen-bond donors (Lipinski definition) is 0. The standard InChI is InChI=1S/C19H19N3O/c1-14-6-8-15(9-7-14)18-20-17-5-3-2-4-16(17)19(21-18)22-10-12-23-13-11-22/h2-9H,10-13H2,1H3. The highest BCUT2D eigenvalue weighted by Gasteiger charge is 2.17. The van der Waals surface area contributed by atoms with E-state index in [1.807, 2.05) is 12.1 Å². The van der Waals surface area contributed by atoms with Gasteiger partial charge in [0.05, 0.1) is 18.7 Å². The lowest BCUT2D eigenvalue weighted by atomic mass is 10.1. The van der Waals surface area contributed by atoms with Crippen molar-refractivity contribution < 1.29 is 4.74 Å². The maximum atomic E-state index is 5.48. The third kappa shape index (κ3) is 2.78. The van der Waals surface area contributed by atoms with E-state index in [4.69, 9.17) is 14.7 Å². The Balaban J connectivity index is 1.87. The Hall–Kier alpha value is -2.46. The summed E-state index contributed by atoms with van der Waals surface area (Å²) in [6, 6.07) is 16.6. The van der Waals surface area contributed by atoms with E-state index in [1.54, 1.807) is 0 Å².